The molecule has 2 unspecified atom stereocenters. The topological polar surface area (TPSA) is 55.3 Å². The minimum absolute atomic E-state index is 0.531. The van der Waals surface area contributed by atoms with Gasteiger partial charge in [-0.05, 0) is 31.7 Å². The van der Waals surface area contributed by atoms with E-state index in [0.29, 0.717) is 6.04 Å². The summed E-state index contributed by atoms with van der Waals surface area (Å²) in [4.78, 5) is 0. The summed E-state index contributed by atoms with van der Waals surface area (Å²) in [5.41, 5.74) is 5.48. The van der Waals surface area contributed by atoms with Crippen LogP contribution in [-0.4, -0.2) is 24.1 Å². The van der Waals surface area contributed by atoms with Crippen molar-refractivity contribution < 1.29 is 0 Å². The molecule has 0 aliphatic carbocycles. The van der Waals surface area contributed by atoms with Crippen molar-refractivity contribution in [2.45, 2.75) is 32.2 Å². The van der Waals surface area contributed by atoms with Crippen LogP contribution in [0.5, 0.6) is 0 Å². The van der Waals surface area contributed by atoms with Crippen molar-refractivity contribution in [1.82, 2.24) is 5.01 Å². The molecular weight excluding hydrogens is 138 g/mol. The molecule has 0 aromatic rings. The molecule has 1 saturated heterocycles. The minimum Gasteiger partial charge on any atom is -0.330 e. The van der Waals surface area contributed by atoms with Crippen molar-refractivity contribution in [2.24, 2.45) is 17.5 Å². The third-order valence-corrected chi connectivity index (χ3v) is 2.52. The maximum Gasteiger partial charge on any atom is 0.0255 e. The zero-order valence-electron chi connectivity index (χ0n) is 7.29. The number of nitrogens with two attached hydrogens (primary N) is 2. The maximum absolute atomic E-state index is 5.81. The van der Waals surface area contributed by atoms with Crippen LogP contribution in [0.25, 0.3) is 0 Å². The summed E-state index contributed by atoms with van der Waals surface area (Å²) in [5, 5.41) is 1.95. The van der Waals surface area contributed by atoms with Crippen molar-refractivity contribution in [1.29, 1.82) is 0 Å². The number of piperidine rings is 1. The Morgan fingerprint density at radius 2 is 2.27 bits per heavy atom. The van der Waals surface area contributed by atoms with Crippen LogP contribution in [0.1, 0.15) is 26.2 Å². The van der Waals surface area contributed by atoms with Crippen molar-refractivity contribution in [2.75, 3.05) is 13.1 Å². The summed E-state index contributed by atoms with van der Waals surface area (Å²) in [7, 11) is 0. The largest absolute Gasteiger partial charge is 0.330 e. The van der Waals surface area contributed by atoms with E-state index in [1.807, 2.05) is 5.01 Å². The summed E-state index contributed by atoms with van der Waals surface area (Å²) in [5.74, 6) is 6.63. The van der Waals surface area contributed by atoms with E-state index in [4.69, 9.17) is 11.6 Å². The fourth-order valence-electron chi connectivity index (χ4n) is 1.75. The van der Waals surface area contributed by atoms with Crippen molar-refractivity contribution in [3.63, 3.8) is 0 Å². The first-order valence-corrected chi connectivity index (χ1v) is 4.45. The molecule has 11 heavy (non-hydrogen) atoms. The Labute approximate surface area is 68.7 Å². The second-order valence-electron chi connectivity index (χ2n) is 3.60. The molecule has 4 N–H and O–H groups in total. The fraction of sp³-hybridized carbons (Fsp3) is 1.00. The Balaban J connectivity index is 2.34. The summed E-state index contributed by atoms with van der Waals surface area (Å²) < 4.78 is 0. The zero-order valence-corrected chi connectivity index (χ0v) is 7.29. The van der Waals surface area contributed by atoms with Gasteiger partial charge in [0.25, 0.3) is 0 Å². The third-order valence-electron chi connectivity index (χ3n) is 2.52. The molecular formula is C8H19N3. The highest BCUT2D eigenvalue weighted by Crippen LogP contribution is 2.21. The summed E-state index contributed by atoms with van der Waals surface area (Å²) in [6.07, 6.45) is 3.49. The molecule has 0 amide bonds. The Hall–Kier alpha value is -0.120. The highest BCUT2D eigenvalue weighted by Gasteiger charge is 2.22. The van der Waals surface area contributed by atoms with Crippen molar-refractivity contribution in [3.8, 4) is 0 Å². The second kappa shape index (κ2) is 4.04. The van der Waals surface area contributed by atoms with Gasteiger partial charge >= 0.3 is 0 Å². The monoisotopic (exact) mass is 157 g/mol. The van der Waals surface area contributed by atoms with Crippen LogP contribution in [0.3, 0.4) is 0 Å². The number of nitrogens with zero attached hydrogens (tertiary/aromatic N) is 1. The molecule has 0 bridgehead atoms. The molecule has 0 aromatic carbocycles. The van der Waals surface area contributed by atoms with E-state index >= 15 is 0 Å². The van der Waals surface area contributed by atoms with E-state index in [1.54, 1.807) is 0 Å². The number of hydrogen-bond acceptors (Lipinski definition) is 3. The first kappa shape index (κ1) is 8.97. The van der Waals surface area contributed by atoms with Gasteiger partial charge in [-0.2, -0.15) is 0 Å². The molecule has 1 aliphatic heterocycles. The van der Waals surface area contributed by atoms with Crippen LogP contribution in [0.15, 0.2) is 0 Å². The molecule has 0 radical (unpaired) electrons. The maximum atomic E-state index is 5.81. The predicted molar refractivity (Wildman–Crippen MR) is 46.8 cm³/mol. The van der Waals surface area contributed by atoms with E-state index in [1.165, 1.54) is 12.8 Å². The minimum atomic E-state index is 0.531. The Kier molecular flexibility index (Phi) is 3.30. The molecule has 3 nitrogen and oxygen atoms in total. The average molecular weight is 157 g/mol. The van der Waals surface area contributed by atoms with Gasteiger partial charge in [0.15, 0.2) is 0 Å². The Bertz CT molecular complexity index is 116. The standard InChI is InChI=1S/C8H19N3/c1-7-3-5-11(10)8(6-7)2-4-9/h7-8H,2-6,9-10H2,1H3. The SMILES string of the molecule is CC1CCN(N)C(CCN)C1. The van der Waals surface area contributed by atoms with Gasteiger partial charge in [-0.25, -0.2) is 5.01 Å². The lowest BCUT2D eigenvalue weighted by atomic mass is 9.92. The lowest BCUT2D eigenvalue weighted by Gasteiger charge is -2.35. The average Bonchev–Trinajstić information content (AvgIpc) is 1.98. The van der Waals surface area contributed by atoms with Gasteiger partial charge in [0.05, 0.1) is 0 Å². The highest BCUT2D eigenvalue weighted by molar-refractivity contribution is 4.76. The molecule has 2 atom stereocenters. The molecule has 3 heteroatoms. The van der Waals surface area contributed by atoms with Crippen LogP contribution < -0.4 is 11.6 Å². The fourth-order valence-corrected chi connectivity index (χ4v) is 1.75. The van der Waals surface area contributed by atoms with Gasteiger partial charge in [-0.1, -0.05) is 6.92 Å². The van der Waals surface area contributed by atoms with E-state index in [0.717, 1.165) is 25.4 Å². The van der Waals surface area contributed by atoms with Crippen LogP contribution in [0.2, 0.25) is 0 Å². The van der Waals surface area contributed by atoms with E-state index in [-0.39, 0.29) is 0 Å². The van der Waals surface area contributed by atoms with Gasteiger partial charge in [0.1, 0.15) is 0 Å². The normalized spacial score (nSPS) is 34.1. The molecule has 1 fully saturated rings. The quantitative estimate of drug-likeness (QED) is 0.567. The summed E-state index contributed by atoms with van der Waals surface area (Å²) in [6, 6.07) is 0.531. The number of rotatable bonds is 2. The van der Waals surface area contributed by atoms with Crippen molar-refractivity contribution in [3.05, 3.63) is 0 Å². The van der Waals surface area contributed by atoms with E-state index < -0.39 is 0 Å². The Morgan fingerprint density at radius 3 is 2.91 bits per heavy atom. The van der Waals surface area contributed by atoms with Gasteiger partial charge in [-0.3, -0.25) is 5.84 Å². The molecule has 66 valence electrons. The molecule has 1 heterocycles. The molecule has 1 rings (SSSR count). The molecule has 0 spiro atoms. The highest BCUT2D eigenvalue weighted by atomic mass is 15.4. The zero-order chi connectivity index (χ0) is 8.27. The van der Waals surface area contributed by atoms with E-state index in [9.17, 15) is 0 Å². The summed E-state index contributed by atoms with van der Waals surface area (Å²) in [6.45, 7) is 4.08. The van der Waals surface area contributed by atoms with Crippen molar-refractivity contribution >= 4 is 0 Å². The van der Waals surface area contributed by atoms with E-state index in [2.05, 4.69) is 6.92 Å². The first-order chi connectivity index (χ1) is 5.24. The summed E-state index contributed by atoms with van der Waals surface area (Å²) >= 11 is 0. The van der Waals surface area contributed by atoms with Crippen LogP contribution >= 0.6 is 0 Å². The lowest BCUT2D eigenvalue weighted by molar-refractivity contribution is 0.114. The number of hydrazine groups is 1. The van der Waals surface area contributed by atoms with Crippen LogP contribution in [0.4, 0.5) is 0 Å². The van der Waals surface area contributed by atoms with Gasteiger partial charge in [-0.15, -0.1) is 0 Å². The molecule has 0 saturated carbocycles. The third kappa shape index (κ3) is 2.43. The van der Waals surface area contributed by atoms with Gasteiger partial charge < -0.3 is 5.73 Å². The van der Waals surface area contributed by atoms with Gasteiger partial charge in [0, 0.05) is 12.6 Å². The van der Waals surface area contributed by atoms with Crippen LogP contribution in [-0.2, 0) is 0 Å². The molecule has 1 aliphatic rings. The second-order valence-corrected chi connectivity index (χ2v) is 3.60. The first-order valence-electron chi connectivity index (χ1n) is 4.45. The Morgan fingerprint density at radius 1 is 1.55 bits per heavy atom. The number of hydrogen-bond donors (Lipinski definition) is 2. The smallest absolute Gasteiger partial charge is 0.0255 e. The predicted octanol–water partition coefficient (Wildman–Crippen LogP) is 0.309. The van der Waals surface area contributed by atoms with Gasteiger partial charge in [0.2, 0.25) is 0 Å². The van der Waals surface area contributed by atoms with Crippen LogP contribution in [0, 0.1) is 5.92 Å². The molecule has 0 aromatic heterocycles. The lowest BCUT2D eigenvalue weighted by Crippen LogP contribution is -2.47.